The molecule has 2 heterocycles. The summed E-state index contributed by atoms with van der Waals surface area (Å²) in [5.41, 5.74) is 1.81. The molecule has 0 bridgehead atoms. The highest BCUT2D eigenvalue weighted by atomic mass is 35.5. The van der Waals surface area contributed by atoms with E-state index in [-0.39, 0.29) is 11.8 Å². The molecule has 27 heavy (non-hydrogen) atoms. The van der Waals surface area contributed by atoms with Gasteiger partial charge in [-0.2, -0.15) is 0 Å². The first-order valence-electron chi connectivity index (χ1n) is 9.32. The van der Waals surface area contributed by atoms with E-state index in [4.69, 9.17) is 27.9 Å². The van der Waals surface area contributed by atoms with Crippen LogP contribution in [0.25, 0.3) is 0 Å². The minimum Gasteiger partial charge on any atom is -0.490 e. The van der Waals surface area contributed by atoms with Gasteiger partial charge in [-0.1, -0.05) is 41.4 Å². The molecule has 0 N–H and O–H groups in total. The molecule has 0 spiro atoms. The minimum absolute atomic E-state index is 0.0221. The fourth-order valence-corrected chi connectivity index (χ4v) is 4.44. The van der Waals surface area contributed by atoms with Gasteiger partial charge in [-0.15, -0.1) is 0 Å². The van der Waals surface area contributed by atoms with E-state index in [0.29, 0.717) is 29.7 Å². The Hall–Kier alpha value is -1.75. The molecule has 0 radical (unpaired) electrons. The van der Waals surface area contributed by atoms with E-state index in [0.717, 1.165) is 42.9 Å². The number of fused-ring (bicyclic) bond motifs is 1. The molecule has 142 valence electrons. The molecule has 0 aromatic heterocycles. The monoisotopic (exact) mass is 404 g/mol. The third-order valence-corrected chi connectivity index (χ3v) is 6.00. The van der Waals surface area contributed by atoms with Gasteiger partial charge < -0.3 is 9.64 Å². The van der Waals surface area contributed by atoms with Crippen LogP contribution in [0.1, 0.15) is 18.4 Å². The molecule has 4 nitrogen and oxygen atoms in total. The van der Waals surface area contributed by atoms with Crippen molar-refractivity contribution >= 4 is 34.8 Å². The van der Waals surface area contributed by atoms with Crippen molar-refractivity contribution in [3.8, 4) is 5.75 Å². The average molecular weight is 405 g/mol. The lowest BCUT2D eigenvalue weighted by Gasteiger charge is -2.37. The Morgan fingerprint density at radius 1 is 1.07 bits per heavy atom. The Balaban J connectivity index is 1.48. The summed E-state index contributed by atoms with van der Waals surface area (Å²) in [5, 5.41) is 1.36. The van der Waals surface area contributed by atoms with Crippen LogP contribution in [-0.4, -0.2) is 37.0 Å². The quantitative estimate of drug-likeness (QED) is 0.747. The fourth-order valence-electron chi connectivity index (χ4n) is 3.93. The van der Waals surface area contributed by atoms with Gasteiger partial charge in [-0.25, -0.2) is 0 Å². The number of piperidine rings is 1. The number of nitrogens with zero attached hydrogens (tertiary/aromatic N) is 2. The molecule has 1 fully saturated rings. The van der Waals surface area contributed by atoms with E-state index in [2.05, 4.69) is 4.90 Å². The van der Waals surface area contributed by atoms with Crippen molar-refractivity contribution in [2.24, 2.45) is 5.92 Å². The third kappa shape index (κ3) is 3.93. The van der Waals surface area contributed by atoms with Gasteiger partial charge in [-0.3, -0.25) is 9.69 Å². The van der Waals surface area contributed by atoms with Crippen molar-refractivity contribution in [2.45, 2.75) is 19.4 Å². The van der Waals surface area contributed by atoms with Gasteiger partial charge in [0, 0.05) is 28.7 Å². The zero-order valence-electron chi connectivity index (χ0n) is 15.0. The average Bonchev–Trinajstić information content (AvgIpc) is 2.70. The van der Waals surface area contributed by atoms with Crippen LogP contribution in [0.5, 0.6) is 5.75 Å². The molecule has 4 rings (SSSR count). The molecule has 0 aliphatic carbocycles. The molecule has 2 aromatic carbocycles. The van der Waals surface area contributed by atoms with Crippen LogP contribution in [0.2, 0.25) is 10.0 Å². The van der Waals surface area contributed by atoms with Crippen LogP contribution in [0, 0.1) is 5.92 Å². The lowest BCUT2D eigenvalue weighted by atomic mass is 9.95. The Labute approximate surface area is 169 Å². The van der Waals surface area contributed by atoms with Crippen molar-refractivity contribution in [1.82, 2.24) is 4.90 Å². The van der Waals surface area contributed by atoms with Crippen LogP contribution < -0.4 is 9.64 Å². The number of rotatable bonds is 3. The number of halogens is 2. The molecular formula is C21H22Cl2N2O2. The lowest BCUT2D eigenvalue weighted by Crippen LogP contribution is -2.47. The number of carbonyl (C=O) groups excluding carboxylic acids is 1. The van der Waals surface area contributed by atoms with Gasteiger partial charge in [0.1, 0.15) is 12.4 Å². The van der Waals surface area contributed by atoms with Gasteiger partial charge >= 0.3 is 0 Å². The molecule has 2 aliphatic rings. The van der Waals surface area contributed by atoms with Crippen molar-refractivity contribution in [3.05, 3.63) is 58.1 Å². The van der Waals surface area contributed by atoms with Crippen LogP contribution in [0.3, 0.4) is 0 Å². The van der Waals surface area contributed by atoms with Gasteiger partial charge in [0.25, 0.3) is 0 Å². The molecule has 2 aromatic rings. The van der Waals surface area contributed by atoms with Crippen molar-refractivity contribution in [3.63, 3.8) is 0 Å². The number of carbonyl (C=O) groups is 1. The number of benzene rings is 2. The minimum atomic E-state index is -0.0221. The summed E-state index contributed by atoms with van der Waals surface area (Å²) in [4.78, 5) is 17.4. The maximum absolute atomic E-state index is 13.2. The maximum atomic E-state index is 13.2. The number of hydrogen-bond acceptors (Lipinski definition) is 3. The van der Waals surface area contributed by atoms with Crippen LogP contribution in [-0.2, 0) is 11.3 Å². The van der Waals surface area contributed by atoms with E-state index in [1.165, 1.54) is 0 Å². The second kappa shape index (κ2) is 8.09. The predicted molar refractivity (Wildman–Crippen MR) is 109 cm³/mol. The summed E-state index contributed by atoms with van der Waals surface area (Å²) in [6.45, 7) is 3.48. The largest absolute Gasteiger partial charge is 0.490 e. The van der Waals surface area contributed by atoms with E-state index >= 15 is 0 Å². The summed E-state index contributed by atoms with van der Waals surface area (Å²) >= 11 is 12.7. The molecule has 6 heteroatoms. The Morgan fingerprint density at radius 3 is 2.67 bits per heavy atom. The van der Waals surface area contributed by atoms with Gasteiger partial charge in [-0.05, 0) is 43.7 Å². The highest BCUT2D eigenvalue weighted by molar-refractivity contribution is 6.35. The van der Waals surface area contributed by atoms with E-state index in [1.807, 2.05) is 47.4 Å². The van der Waals surface area contributed by atoms with Gasteiger partial charge in [0.2, 0.25) is 5.91 Å². The normalized spacial score (nSPS) is 20.1. The summed E-state index contributed by atoms with van der Waals surface area (Å²) in [5.74, 6) is 0.944. The van der Waals surface area contributed by atoms with E-state index in [9.17, 15) is 4.79 Å². The molecule has 1 saturated heterocycles. The van der Waals surface area contributed by atoms with E-state index in [1.54, 1.807) is 0 Å². The Morgan fingerprint density at radius 2 is 1.85 bits per heavy atom. The molecule has 1 atom stereocenters. The second-order valence-corrected chi connectivity index (χ2v) is 7.89. The van der Waals surface area contributed by atoms with Crippen molar-refractivity contribution < 1.29 is 9.53 Å². The number of hydrogen-bond donors (Lipinski definition) is 0. The highest BCUT2D eigenvalue weighted by Crippen LogP contribution is 2.34. The summed E-state index contributed by atoms with van der Waals surface area (Å²) in [7, 11) is 0. The van der Waals surface area contributed by atoms with Gasteiger partial charge in [0.15, 0.2) is 0 Å². The molecule has 0 saturated carbocycles. The smallest absolute Gasteiger partial charge is 0.231 e. The van der Waals surface area contributed by atoms with Crippen molar-refractivity contribution in [2.75, 3.05) is 31.1 Å². The van der Waals surface area contributed by atoms with Crippen molar-refractivity contribution in [1.29, 1.82) is 0 Å². The number of likely N-dealkylation sites (tertiary alicyclic amines) is 1. The van der Waals surface area contributed by atoms with Crippen LogP contribution in [0.15, 0.2) is 42.5 Å². The molecule has 2 aliphatic heterocycles. The first kappa shape index (κ1) is 18.6. The topological polar surface area (TPSA) is 32.8 Å². The number of ether oxygens (including phenoxy) is 1. The zero-order valence-corrected chi connectivity index (χ0v) is 16.5. The first-order valence-corrected chi connectivity index (χ1v) is 10.1. The summed E-state index contributed by atoms with van der Waals surface area (Å²) in [6, 6.07) is 13.3. The first-order chi connectivity index (χ1) is 13.1. The SMILES string of the molecule is O=C([C@H]1CCCN(Cc2c(Cl)cccc2Cl)C1)N1CCOc2ccccc21. The highest BCUT2D eigenvalue weighted by Gasteiger charge is 2.32. The molecular weight excluding hydrogens is 383 g/mol. The lowest BCUT2D eigenvalue weighted by molar-refractivity contribution is -0.124. The Kier molecular flexibility index (Phi) is 5.58. The number of anilines is 1. The van der Waals surface area contributed by atoms with Crippen LogP contribution in [0.4, 0.5) is 5.69 Å². The maximum Gasteiger partial charge on any atom is 0.231 e. The standard InChI is InChI=1S/C21H22Cl2N2O2/c22-17-6-3-7-18(23)16(17)14-24-10-4-5-15(13-24)21(26)25-11-12-27-20-9-2-1-8-19(20)25/h1-3,6-9,15H,4-5,10-14H2/t15-/m0/s1. The predicted octanol–water partition coefficient (Wildman–Crippen LogP) is 4.63. The number of amides is 1. The zero-order chi connectivity index (χ0) is 18.8. The summed E-state index contributed by atoms with van der Waals surface area (Å²) in [6.07, 6.45) is 1.90. The summed E-state index contributed by atoms with van der Waals surface area (Å²) < 4.78 is 5.68. The fraction of sp³-hybridized carbons (Fsp3) is 0.381. The number of para-hydroxylation sites is 2. The molecule has 0 unspecified atom stereocenters. The van der Waals surface area contributed by atoms with E-state index < -0.39 is 0 Å². The second-order valence-electron chi connectivity index (χ2n) is 7.08. The third-order valence-electron chi connectivity index (χ3n) is 5.29. The van der Waals surface area contributed by atoms with Crippen LogP contribution >= 0.6 is 23.2 Å². The van der Waals surface area contributed by atoms with Gasteiger partial charge in [0.05, 0.1) is 18.2 Å². The Bertz CT molecular complexity index is 822. The molecule has 1 amide bonds.